The molecule has 0 saturated carbocycles. The number of piperazine rings is 1. The molecule has 3 rings (SSSR count). The summed E-state index contributed by atoms with van der Waals surface area (Å²) in [5.41, 5.74) is 8.30. The van der Waals surface area contributed by atoms with Gasteiger partial charge in [-0.3, -0.25) is 0 Å². The van der Waals surface area contributed by atoms with Gasteiger partial charge in [0.2, 0.25) is 0 Å². The maximum absolute atomic E-state index is 7.54. The van der Waals surface area contributed by atoms with E-state index < -0.39 is 0 Å². The van der Waals surface area contributed by atoms with Crippen LogP contribution in [0.5, 0.6) is 0 Å². The molecule has 18 heavy (non-hydrogen) atoms. The van der Waals surface area contributed by atoms with Crippen molar-refractivity contribution >= 4 is 29.2 Å². The Bertz CT molecular complexity index is 476. The predicted molar refractivity (Wildman–Crippen MR) is 75.9 cm³/mol. The first-order valence-corrected chi connectivity index (χ1v) is 6.65. The molecule has 4 N–H and O–H groups in total. The molecule has 2 aliphatic heterocycles. The van der Waals surface area contributed by atoms with Crippen molar-refractivity contribution in [3.63, 3.8) is 0 Å². The minimum Gasteiger partial charge on any atom is -0.398 e. The smallest absolute Gasteiger partial charge is 0.0492 e. The predicted octanol–water partition coefficient (Wildman–Crippen LogP) is 1.86. The number of rotatable bonds is 2. The van der Waals surface area contributed by atoms with Gasteiger partial charge in [0.1, 0.15) is 0 Å². The van der Waals surface area contributed by atoms with E-state index in [0.717, 1.165) is 24.3 Å². The molecule has 1 aromatic rings. The topological polar surface area (TPSA) is 65.1 Å². The molecule has 96 valence electrons. The van der Waals surface area contributed by atoms with Crippen LogP contribution in [0.15, 0.2) is 12.1 Å². The average molecular weight is 265 g/mol. The number of anilines is 2. The molecular formula is C13H17ClN4. The third-order valence-corrected chi connectivity index (χ3v) is 4.07. The number of hydrogen-bond acceptors (Lipinski definition) is 4. The van der Waals surface area contributed by atoms with Crippen LogP contribution in [0.2, 0.25) is 5.02 Å². The lowest BCUT2D eigenvalue weighted by Gasteiger charge is -2.35. The Morgan fingerprint density at radius 1 is 1.33 bits per heavy atom. The van der Waals surface area contributed by atoms with Crippen molar-refractivity contribution in [3.8, 4) is 0 Å². The molecule has 2 unspecified atom stereocenters. The average Bonchev–Trinajstić information content (AvgIpc) is 2.67. The standard InChI is InChI=1S/C13H17ClN4/c14-8-3-12(16)11(5-15)13(4-8)18-6-9-1-2-10(7-18)17-9/h3-5,9-10,15,17H,1-2,6-7,16H2. The van der Waals surface area contributed by atoms with Gasteiger partial charge in [-0.2, -0.15) is 0 Å². The fraction of sp³-hybridized carbons (Fsp3) is 0.462. The van der Waals surface area contributed by atoms with Crippen LogP contribution < -0.4 is 16.0 Å². The lowest BCUT2D eigenvalue weighted by Crippen LogP contribution is -2.51. The van der Waals surface area contributed by atoms with Crippen molar-refractivity contribution in [3.05, 3.63) is 22.7 Å². The van der Waals surface area contributed by atoms with Gasteiger partial charge in [-0.25, -0.2) is 0 Å². The zero-order chi connectivity index (χ0) is 12.7. The van der Waals surface area contributed by atoms with Gasteiger partial charge in [0.25, 0.3) is 0 Å². The highest BCUT2D eigenvalue weighted by atomic mass is 35.5. The van der Waals surface area contributed by atoms with E-state index in [-0.39, 0.29) is 0 Å². The second-order valence-corrected chi connectivity index (χ2v) is 5.55. The number of benzene rings is 1. The van der Waals surface area contributed by atoms with E-state index in [0.29, 0.717) is 22.8 Å². The van der Waals surface area contributed by atoms with Crippen LogP contribution in [0.1, 0.15) is 18.4 Å². The molecule has 0 aromatic heterocycles. The van der Waals surface area contributed by atoms with Gasteiger partial charge in [-0.1, -0.05) is 11.6 Å². The summed E-state index contributed by atoms with van der Waals surface area (Å²) in [7, 11) is 0. The number of hydrogen-bond donors (Lipinski definition) is 3. The minimum absolute atomic E-state index is 0.558. The van der Waals surface area contributed by atoms with Gasteiger partial charge >= 0.3 is 0 Å². The molecule has 1 aromatic carbocycles. The van der Waals surface area contributed by atoms with Crippen LogP contribution in [-0.4, -0.2) is 31.4 Å². The van der Waals surface area contributed by atoms with Crippen molar-refractivity contribution in [2.45, 2.75) is 24.9 Å². The van der Waals surface area contributed by atoms with E-state index in [1.54, 1.807) is 6.07 Å². The summed E-state index contributed by atoms with van der Waals surface area (Å²) in [6.07, 6.45) is 3.79. The fourth-order valence-electron chi connectivity index (χ4n) is 3.04. The normalized spacial score (nSPS) is 26.4. The molecule has 0 spiro atoms. The first-order valence-electron chi connectivity index (χ1n) is 6.28. The van der Waals surface area contributed by atoms with E-state index in [1.165, 1.54) is 19.1 Å². The summed E-state index contributed by atoms with van der Waals surface area (Å²) in [5.74, 6) is 0. The Labute approximate surface area is 112 Å². The molecule has 4 nitrogen and oxygen atoms in total. The first kappa shape index (κ1) is 11.8. The fourth-order valence-corrected chi connectivity index (χ4v) is 3.26. The van der Waals surface area contributed by atoms with Crippen LogP contribution in [0.25, 0.3) is 0 Å². The second kappa shape index (κ2) is 4.44. The molecule has 5 heteroatoms. The molecular weight excluding hydrogens is 248 g/mol. The summed E-state index contributed by atoms with van der Waals surface area (Å²) < 4.78 is 0. The SMILES string of the molecule is N=Cc1c(N)cc(Cl)cc1N1CC2CCC(C1)N2. The van der Waals surface area contributed by atoms with E-state index in [9.17, 15) is 0 Å². The van der Waals surface area contributed by atoms with Crippen LogP contribution in [0.3, 0.4) is 0 Å². The van der Waals surface area contributed by atoms with Crippen LogP contribution in [0, 0.1) is 5.41 Å². The van der Waals surface area contributed by atoms with Gasteiger partial charge < -0.3 is 21.4 Å². The van der Waals surface area contributed by atoms with Crippen molar-refractivity contribution in [2.24, 2.45) is 0 Å². The lowest BCUT2D eigenvalue weighted by molar-refractivity contribution is 0.466. The Kier molecular flexibility index (Phi) is 2.92. The maximum atomic E-state index is 7.54. The van der Waals surface area contributed by atoms with Crippen LogP contribution in [0.4, 0.5) is 11.4 Å². The molecule has 2 fully saturated rings. The number of nitrogens with one attached hydrogen (secondary N) is 2. The number of fused-ring (bicyclic) bond motifs is 2. The van der Waals surface area contributed by atoms with Gasteiger partial charge in [0, 0.05) is 53.3 Å². The van der Waals surface area contributed by atoms with Gasteiger partial charge in [-0.05, 0) is 25.0 Å². The number of nitrogens with zero attached hydrogens (tertiary/aromatic N) is 1. The minimum atomic E-state index is 0.558. The zero-order valence-corrected chi connectivity index (χ0v) is 10.9. The largest absolute Gasteiger partial charge is 0.398 e. The van der Waals surface area contributed by atoms with E-state index in [2.05, 4.69) is 10.2 Å². The summed E-state index contributed by atoms with van der Waals surface area (Å²) in [6.45, 7) is 1.94. The van der Waals surface area contributed by atoms with Crippen LogP contribution >= 0.6 is 11.6 Å². The molecule has 0 aliphatic carbocycles. The Morgan fingerprint density at radius 2 is 2.00 bits per heavy atom. The van der Waals surface area contributed by atoms with Crippen molar-refractivity contribution in [2.75, 3.05) is 23.7 Å². The monoisotopic (exact) mass is 264 g/mol. The van der Waals surface area contributed by atoms with Gasteiger partial charge in [-0.15, -0.1) is 0 Å². The highest BCUT2D eigenvalue weighted by Gasteiger charge is 2.33. The Hall–Kier alpha value is -1.26. The number of halogens is 1. The summed E-state index contributed by atoms with van der Waals surface area (Å²) in [4.78, 5) is 2.31. The molecule has 2 bridgehead atoms. The second-order valence-electron chi connectivity index (χ2n) is 5.12. The van der Waals surface area contributed by atoms with Crippen molar-refractivity contribution in [1.82, 2.24) is 5.32 Å². The molecule has 0 amide bonds. The zero-order valence-electron chi connectivity index (χ0n) is 10.1. The third kappa shape index (κ3) is 1.95. The molecule has 0 radical (unpaired) electrons. The quantitative estimate of drug-likeness (QED) is 0.564. The Balaban J connectivity index is 1.98. The lowest BCUT2D eigenvalue weighted by atomic mass is 10.1. The summed E-state index contributed by atoms with van der Waals surface area (Å²) in [6, 6.07) is 4.75. The third-order valence-electron chi connectivity index (χ3n) is 3.86. The maximum Gasteiger partial charge on any atom is 0.0492 e. The Morgan fingerprint density at radius 3 is 2.61 bits per heavy atom. The molecule has 2 aliphatic rings. The number of nitrogen functional groups attached to an aromatic ring is 1. The van der Waals surface area contributed by atoms with E-state index >= 15 is 0 Å². The van der Waals surface area contributed by atoms with Crippen LogP contribution in [-0.2, 0) is 0 Å². The van der Waals surface area contributed by atoms with Gasteiger partial charge in [0.15, 0.2) is 0 Å². The van der Waals surface area contributed by atoms with Crippen molar-refractivity contribution < 1.29 is 0 Å². The van der Waals surface area contributed by atoms with Gasteiger partial charge in [0.05, 0.1) is 0 Å². The molecule has 2 heterocycles. The number of nitrogens with two attached hydrogens (primary N) is 1. The highest BCUT2D eigenvalue weighted by Crippen LogP contribution is 2.32. The summed E-state index contributed by atoms with van der Waals surface area (Å²) in [5, 5.41) is 11.8. The first-order chi connectivity index (χ1) is 8.67. The summed E-state index contributed by atoms with van der Waals surface area (Å²) >= 11 is 6.09. The highest BCUT2D eigenvalue weighted by molar-refractivity contribution is 6.31. The van der Waals surface area contributed by atoms with E-state index in [4.69, 9.17) is 22.7 Å². The van der Waals surface area contributed by atoms with E-state index in [1.807, 2.05) is 6.07 Å². The molecule has 2 atom stereocenters. The molecule has 2 saturated heterocycles. The van der Waals surface area contributed by atoms with Crippen molar-refractivity contribution in [1.29, 1.82) is 5.41 Å².